The zero-order valence-electron chi connectivity index (χ0n) is 10.8. The fourth-order valence-corrected chi connectivity index (χ4v) is 2.15. The lowest BCUT2D eigenvalue weighted by Gasteiger charge is -2.17. The molecule has 0 aliphatic heterocycles. The summed E-state index contributed by atoms with van der Waals surface area (Å²) in [5.41, 5.74) is 2.59. The lowest BCUT2D eigenvalue weighted by molar-refractivity contribution is 0.220. The van der Waals surface area contributed by atoms with E-state index in [0.29, 0.717) is 10.0 Å². The Kier molecular flexibility index (Phi) is 4.35. The molecule has 4 heteroatoms. The topological polar surface area (TPSA) is 23.5 Å². The summed E-state index contributed by atoms with van der Waals surface area (Å²) in [5, 5.41) is 11.3. The van der Waals surface area contributed by atoms with Gasteiger partial charge in [0.05, 0.1) is 10.0 Å². The monoisotopic (exact) mass is 295 g/mol. The summed E-state index contributed by atoms with van der Waals surface area (Å²) in [7, 11) is 3.93. The minimum absolute atomic E-state index is 0.446. The van der Waals surface area contributed by atoms with Crippen LogP contribution < -0.4 is 4.90 Å². The molecular weight excluding hydrogens is 281 g/mol. The zero-order valence-corrected chi connectivity index (χ0v) is 12.3. The van der Waals surface area contributed by atoms with E-state index in [1.807, 2.05) is 43.3 Å². The largest absolute Gasteiger partial charge is 0.384 e. The Morgan fingerprint density at radius 2 is 1.63 bits per heavy atom. The third-order valence-corrected chi connectivity index (χ3v) is 3.70. The predicted octanol–water partition coefficient (Wildman–Crippen LogP) is 4.14. The Bertz CT molecular complexity index is 584. The molecule has 0 radical (unpaired) electrons. The van der Waals surface area contributed by atoms with Gasteiger partial charge in [0.25, 0.3) is 0 Å². The normalized spacial score (nSPS) is 12.3. The molecule has 0 heterocycles. The molecule has 19 heavy (non-hydrogen) atoms. The van der Waals surface area contributed by atoms with Crippen molar-refractivity contribution in [1.29, 1.82) is 0 Å². The maximum atomic E-state index is 10.4. The molecule has 0 saturated carbocycles. The van der Waals surface area contributed by atoms with Crippen molar-refractivity contribution in [2.45, 2.75) is 6.10 Å². The molecule has 0 aliphatic carbocycles. The molecule has 0 saturated heterocycles. The summed E-state index contributed by atoms with van der Waals surface area (Å²) >= 11 is 11.9. The number of hydrogen-bond acceptors (Lipinski definition) is 2. The van der Waals surface area contributed by atoms with Gasteiger partial charge in [0.1, 0.15) is 6.10 Å². The Morgan fingerprint density at radius 1 is 0.947 bits per heavy atom. The molecule has 0 amide bonds. The van der Waals surface area contributed by atoms with E-state index in [4.69, 9.17) is 23.2 Å². The van der Waals surface area contributed by atoms with E-state index in [-0.39, 0.29) is 0 Å². The fraction of sp³-hybridized carbons (Fsp3) is 0.200. The molecule has 1 N–H and O–H groups in total. The van der Waals surface area contributed by atoms with Gasteiger partial charge in [-0.1, -0.05) is 41.4 Å². The minimum atomic E-state index is -0.713. The van der Waals surface area contributed by atoms with Crippen molar-refractivity contribution in [3.63, 3.8) is 0 Å². The fourth-order valence-electron chi connectivity index (χ4n) is 1.85. The van der Waals surface area contributed by atoms with Crippen LogP contribution in [0.25, 0.3) is 0 Å². The van der Waals surface area contributed by atoms with Crippen LogP contribution in [0.2, 0.25) is 10.0 Å². The smallest absolute Gasteiger partial charge is 0.104 e. The van der Waals surface area contributed by atoms with E-state index in [1.165, 1.54) is 0 Å². The molecule has 1 atom stereocenters. The van der Waals surface area contributed by atoms with Gasteiger partial charge in [0.15, 0.2) is 0 Å². The van der Waals surface area contributed by atoms with Crippen molar-refractivity contribution in [2.24, 2.45) is 0 Å². The van der Waals surface area contributed by atoms with Crippen molar-refractivity contribution in [3.8, 4) is 0 Å². The number of anilines is 1. The number of aliphatic hydroxyl groups excluding tert-OH is 1. The molecule has 2 nitrogen and oxygen atoms in total. The van der Waals surface area contributed by atoms with E-state index >= 15 is 0 Å². The third kappa shape index (κ3) is 3.21. The van der Waals surface area contributed by atoms with Gasteiger partial charge in [0.2, 0.25) is 0 Å². The summed E-state index contributed by atoms with van der Waals surface area (Å²) in [6.07, 6.45) is -0.713. The van der Waals surface area contributed by atoms with Crippen LogP contribution in [0.5, 0.6) is 0 Å². The highest BCUT2D eigenvalue weighted by Gasteiger charge is 2.12. The first-order chi connectivity index (χ1) is 8.99. The Balaban J connectivity index is 2.35. The quantitative estimate of drug-likeness (QED) is 0.920. The van der Waals surface area contributed by atoms with Crippen molar-refractivity contribution in [1.82, 2.24) is 0 Å². The van der Waals surface area contributed by atoms with Gasteiger partial charge in [0, 0.05) is 19.8 Å². The molecule has 2 rings (SSSR count). The number of nitrogens with zero attached hydrogens (tertiary/aromatic N) is 1. The summed E-state index contributed by atoms with van der Waals surface area (Å²) in [5.74, 6) is 0. The molecular formula is C15H15Cl2NO. The summed E-state index contributed by atoms with van der Waals surface area (Å²) in [6, 6.07) is 12.9. The van der Waals surface area contributed by atoms with Crippen LogP contribution in [0, 0.1) is 0 Å². The lowest BCUT2D eigenvalue weighted by atomic mass is 10.0. The van der Waals surface area contributed by atoms with E-state index in [9.17, 15) is 5.11 Å². The molecule has 2 aromatic carbocycles. The second-order valence-corrected chi connectivity index (χ2v) is 5.38. The highest BCUT2D eigenvalue weighted by molar-refractivity contribution is 6.42. The standard InChI is InChI=1S/C15H15Cl2NO/c1-18(2)12-5-3-4-10(8-12)15(19)11-6-7-13(16)14(17)9-11/h3-9,15,19H,1-2H3. The van der Waals surface area contributed by atoms with Crippen LogP contribution in [0.15, 0.2) is 42.5 Å². The average molecular weight is 296 g/mol. The first-order valence-electron chi connectivity index (χ1n) is 5.89. The van der Waals surface area contributed by atoms with Crippen molar-refractivity contribution in [3.05, 3.63) is 63.6 Å². The summed E-state index contributed by atoms with van der Waals surface area (Å²) in [4.78, 5) is 1.99. The number of rotatable bonds is 3. The molecule has 0 bridgehead atoms. The summed E-state index contributed by atoms with van der Waals surface area (Å²) in [6.45, 7) is 0. The van der Waals surface area contributed by atoms with Gasteiger partial charge in [-0.05, 0) is 35.4 Å². The van der Waals surface area contributed by atoms with Crippen molar-refractivity contribution >= 4 is 28.9 Å². The lowest BCUT2D eigenvalue weighted by Crippen LogP contribution is -2.09. The third-order valence-electron chi connectivity index (χ3n) is 2.96. The zero-order chi connectivity index (χ0) is 14.0. The van der Waals surface area contributed by atoms with Crippen molar-refractivity contribution in [2.75, 3.05) is 19.0 Å². The van der Waals surface area contributed by atoms with Crippen LogP contribution in [0.4, 0.5) is 5.69 Å². The molecule has 2 aromatic rings. The number of hydrogen-bond donors (Lipinski definition) is 1. The van der Waals surface area contributed by atoms with Gasteiger partial charge in [-0.15, -0.1) is 0 Å². The van der Waals surface area contributed by atoms with Crippen LogP contribution in [0.3, 0.4) is 0 Å². The van der Waals surface area contributed by atoms with E-state index in [0.717, 1.165) is 16.8 Å². The Morgan fingerprint density at radius 3 is 2.26 bits per heavy atom. The van der Waals surface area contributed by atoms with Gasteiger partial charge in [-0.2, -0.15) is 0 Å². The van der Waals surface area contributed by atoms with Gasteiger partial charge in [-0.25, -0.2) is 0 Å². The average Bonchev–Trinajstić information content (AvgIpc) is 2.41. The predicted molar refractivity (Wildman–Crippen MR) is 81.3 cm³/mol. The van der Waals surface area contributed by atoms with E-state index < -0.39 is 6.10 Å². The van der Waals surface area contributed by atoms with Crippen LogP contribution in [-0.4, -0.2) is 19.2 Å². The van der Waals surface area contributed by atoms with Crippen molar-refractivity contribution < 1.29 is 5.11 Å². The molecule has 0 fully saturated rings. The maximum Gasteiger partial charge on any atom is 0.104 e. The van der Waals surface area contributed by atoms with E-state index in [1.54, 1.807) is 18.2 Å². The van der Waals surface area contributed by atoms with Gasteiger partial charge in [-0.3, -0.25) is 0 Å². The molecule has 0 aromatic heterocycles. The second kappa shape index (κ2) is 5.83. The van der Waals surface area contributed by atoms with E-state index in [2.05, 4.69) is 0 Å². The molecule has 0 spiro atoms. The number of halogens is 2. The molecule has 1 unspecified atom stereocenters. The number of benzene rings is 2. The summed E-state index contributed by atoms with van der Waals surface area (Å²) < 4.78 is 0. The number of aliphatic hydroxyl groups is 1. The second-order valence-electron chi connectivity index (χ2n) is 4.57. The van der Waals surface area contributed by atoms with Crippen LogP contribution in [0.1, 0.15) is 17.2 Å². The van der Waals surface area contributed by atoms with Gasteiger partial charge < -0.3 is 10.0 Å². The van der Waals surface area contributed by atoms with Crippen LogP contribution in [-0.2, 0) is 0 Å². The minimum Gasteiger partial charge on any atom is -0.384 e. The molecule has 0 aliphatic rings. The van der Waals surface area contributed by atoms with Crippen LogP contribution >= 0.6 is 23.2 Å². The highest BCUT2D eigenvalue weighted by Crippen LogP contribution is 2.29. The Hall–Kier alpha value is -1.22. The van der Waals surface area contributed by atoms with Gasteiger partial charge >= 0.3 is 0 Å². The maximum absolute atomic E-state index is 10.4. The first-order valence-corrected chi connectivity index (χ1v) is 6.65. The Labute approximate surface area is 123 Å². The first kappa shape index (κ1) is 14.2. The highest BCUT2D eigenvalue weighted by atomic mass is 35.5. The SMILES string of the molecule is CN(C)c1cccc(C(O)c2ccc(Cl)c(Cl)c2)c1. The molecule has 100 valence electrons.